The number of carbonyl (C=O) groups is 1. The Morgan fingerprint density at radius 3 is 2.61 bits per heavy atom. The Hall–Kier alpha value is -1.22. The molecule has 0 heterocycles. The zero-order chi connectivity index (χ0) is 13.4. The average molecular weight is 270 g/mol. The van der Waals surface area contributed by atoms with Crippen molar-refractivity contribution >= 4 is 17.5 Å². The predicted octanol–water partition coefficient (Wildman–Crippen LogP) is 3.22. The van der Waals surface area contributed by atoms with Gasteiger partial charge in [0.05, 0.1) is 6.61 Å². The van der Waals surface area contributed by atoms with Crippen LogP contribution in [0.15, 0.2) is 24.3 Å². The SMILES string of the molecule is CCOc1ccc(C(=O)NC(C)CCCCl)cc1. The average Bonchev–Trinajstić information content (AvgIpc) is 2.37. The fourth-order valence-corrected chi connectivity index (χ4v) is 1.79. The Bertz CT molecular complexity index is 365. The van der Waals surface area contributed by atoms with Crippen molar-refractivity contribution in [1.82, 2.24) is 5.32 Å². The Morgan fingerprint density at radius 2 is 2.06 bits per heavy atom. The topological polar surface area (TPSA) is 38.3 Å². The first kappa shape index (κ1) is 14.8. The van der Waals surface area contributed by atoms with Crippen molar-refractivity contribution in [2.24, 2.45) is 0 Å². The normalized spacial score (nSPS) is 11.9. The highest BCUT2D eigenvalue weighted by Gasteiger charge is 2.09. The third-order valence-corrected chi connectivity index (χ3v) is 2.84. The van der Waals surface area contributed by atoms with Gasteiger partial charge in [-0.25, -0.2) is 0 Å². The lowest BCUT2D eigenvalue weighted by molar-refractivity contribution is 0.0938. The molecule has 1 unspecified atom stereocenters. The molecule has 1 aromatic rings. The number of nitrogens with one attached hydrogen (secondary N) is 1. The lowest BCUT2D eigenvalue weighted by Gasteiger charge is -2.13. The van der Waals surface area contributed by atoms with Gasteiger partial charge in [-0.3, -0.25) is 4.79 Å². The number of hydrogen-bond acceptors (Lipinski definition) is 2. The first-order valence-electron chi connectivity index (χ1n) is 6.27. The molecule has 1 amide bonds. The lowest BCUT2D eigenvalue weighted by Crippen LogP contribution is -2.32. The largest absolute Gasteiger partial charge is 0.494 e. The smallest absolute Gasteiger partial charge is 0.251 e. The number of ether oxygens (including phenoxy) is 1. The van der Waals surface area contributed by atoms with Crippen molar-refractivity contribution in [3.63, 3.8) is 0 Å². The van der Waals surface area contributed by atoms with Gasteiger partial charge in [-0.05, 0) is 51.0 Å². The number of rotatable bonds is 7. The minimum atomic E-state index is -0.0554. The van der Waals surface area contributed by atoms with Crippen LogP contribution in [0.25, 0.3) is 0 Å². The summed E-state index contributed by atoms with van der Waals surface area (Å²) < 4.78 is 5.33. The summed E-state index contributed by atoms with van der Waals surface area (Å²) in [5, 5.41) is 2.94. The fraction of sp³-hybridized carbons (Fsp3) is 0.500. The van der Waals surface area contributed by atoms with E-state index in [0.29, 0.717) is 18.1 Å². The van der Waals surface area contributed by atoms with E-state index in [4.69, 9.17) is 16.3 Å². The molecule has 100 valence electrons. The molecule has 1 aromatic carbocycles. The van der Waals surface area contributed by atoms with Crippen LogP contribution < -0.4 is 10.1 Å². The monoisotopic (exact) mass is 269 g/mol. The van der Waals surface area contributed by atoms with Gasteiger partial charge in [0.1, 0.15) is 5.75 Å². The summed E-state index contributed by atoms with van der Waals surface area (Å²) in [6.45, 7) is 4.54. The van der Waals surface area contributed by atoms with E-state index < -0.39 is 0 Å². The molecule has 0 saturated carbocycles. The summed E-state index contributed by atoms with van der Waals surface area (Å²) in [5.74, 6) is 1.35. The van der Waals surface area contributed by atoms with E-state index in [2.05, 4.69) is 5.32 Å². The third kappa shape index (κ3) is 4.96. The van der Waals surface area contributed by atoms with E-state index in [-0.39, 0.29) is 11.9 Å². The Kier molecular flexibility index (Phi) is 6.58. The van der Waals surface area contributed by atoms with Crippen molar-refractivity contribution in [1.29, 1.82) is 0 Å². The van der Waals surface area contributed by atoms with Crippen molar-refractivity contribution in [2.45, 2.75) is 32.7 Å². The van der Waals surface area contributed by atoms with Crippen LogP contribution in [0.1, 0.15) is 37.0 Å². The molecule has 0 aromatic heterocycles. The van der Waals surface area contributed by atoms with E-state index in [1.54, 1.807) is 12.1 Å². The van der Waals surface area contributed by atoms with Gasteiger partial charge in [0, 0.05) is 17.5 Å². The third-order valence-electron chi connectivity index (χ3n) is 2.58. The highest BCUT2D eigenvalue weighted by atomic mass is 35.5. The van der Waals surface area contributed by atoms with Gasteiger partial charge in [0.15, 0.2) is 0 Å². The zero-order valence-corrected chi connectivity index (χ0v) is 11.7. The van der Waals surface area contributed by atoms with Crippen molar-refractivity contribution in [3.05, 3.63) is 29.8 Å². The first-order valence-corrected chi connectivity index (χ1v) is 6.80. The summed E-state index contributed by atoms with van der Waals surface area (Å²) in [5.41, 5.74) is 0.649. The van der Waals surface area contributed by atoms with Crippen LogP contribution in [0.3, 0.4) is 0 Å². The second-order valence-electron chi connectivity index (χ2n) is 4.16. The molecule has 0 radical (unpaired) electrons. The first-order chi connectivity index (χ1) is 8.67. The molecule has 1 N–H and O–H groups in total. The molecule has 4 heteroatoms. The molecule has 18 heavy (non-hydrogen) atoms. The van der Waals surface area contributed by atoms with Crippen LogP contribution in [0.2, 0.25) is 0 Å². The Balaban J connectivity index is 2.50. The van der Waals surface area contributed by atoms with Gasteiger partial charge in [-0.1, -0.05) is 0 Å². The molecule has 3 nitrogen and oxygen atoms in total. The maximum atomic E-state index is 11.9. The van der Waals surface area contributed by atoms with Crippen LogP contribution >= 0.6 is 11.6 Å². The summed E-state index contributed by atoms with van der Waals surface area (Å²) in [6.07, 6.45) is 1.80. The van der Waals surface area contributed by atoms with E-state index in [1.807, 2.05) is 26.0 Å². The van der Waals surface area contributed by atoms with E-state index in [9.17, 15) is 4.79 Å². The van der Waals surface area contributed by atoms with Crippen LogP contribution in [0, 0.1) is 0 Å². The van der Waals surface area contributed by atoms with Crippen molar-refractivity contribution in [2.75, 3.05) is 12.5 Å². The van der Waals surface area contributed by atoms with Crippen LogP contribution in [-0.4, -0.2) is 24.4 Å². The Morgan fingerprint density at radius 1 is 1.39 bits per heavy atom. The lowest BCUT2D eigenvalue weighted by atomic mass is 10.1. The number of halogens is 1. The number of amides is 1. The minimum absolute atomic E-state index is 0.0554. The summed E-state index contributed by atoms with van der Waals surface area (Å²) in [7, 11) is 0. The highest BCUT2D eigenvalue weighted by molar-refractivity contribution is 6.17. The summed E-state index contributed by atoms with van der Waals surface area (Å²) >= 11 is 5.62. The zero-order valence-electron chi connectivity index (χ0n) is 10.9. The molecule has 0 aliphatic carbocycles. The van der Waals surface area contributed by atoms with Crippen LogP contribution in [0.5, 0.6) is 5.75 Å². The summed E-state index contributed by atoms with van der Waals surface area (Å²) in [6, 6.07) is 7.30. The van der Waals surface area contributed by atoms with Gasteiger partial charge >= 0.3 is 0 Å². The molecular formula is C14H20ClNO2. The molecule has 1 atom stereocenters. The van der Waals surface area contributed by atoms with Crippen LogP contribution in [0.4, 0.5) is 0 Å². The standard InChI is InChI=1S/C14H20ClNO2/c1-3-18-13-8-6-12(7-9-13)14(17)16-11(2)5-4-10-15/h6-9,11H,3-5,10H2,1-2H3,(H,16,17). The number of hydrogen-bond donors (Lipinski definition) is 1. The van der Waals surface area contributed by atoms with E-state index >= 15 is 0 Å². The van der Waals surface area contributed by atoms with E-state index in [0.717, 1.165) is 18.6 Å². The molecular weight excluding hydrogens is 250 g/mol. The molecule has 0 bridgehead atoms. The van der Waals surface area contributed by atoms with Gasteiger partial charge in [-0.2, -0.15) is 0 Å². The second kappa shape index (κ2) is 7.98. The molecule has 0 saturated heterocycles. The number of benzene rings is 1. The fourth-order valence-electron chi connectivity index (χ4n) is 1.63. The maximum Gasteiger partial charge on any atom is 0.251 e. The molecule has 0 aliphatic rings. The maximum absolute atomic E-state index is 11.9. The van der Waals surface area contributed by atoms with E-state index in [1.165, 1.54) is 0 Å². The number of carbonyl (C=O) groups excluding carboxylic acids is 1. The molecule has 0 spiro atoms. The van der Waals surface area contributed by atoms with Gasteiger partial charge in [0.2, 0.25) is 0 Å². The highest BCUT2D eigenvalue weighted by Crippen LogP contribution is 2.12. The van der Waals surface area contributed by atoms with Gasteiger partial charge in [-0.15, -0.1) is 11.6 Å². The summed E-state index contributed by atoms with van der Waals surface area (Å²) in [4.78, 5) is 11.9. The van der Waals surface area contributed by atoms with Gasteiger partial charge < -0.3 is 10.1 Å². The van der Waals surface area contributed by atoms with Crippen LogP contribution in [-0.2, 0) is 0 Å². The van der Waals surface area contributed by atoms with Crippen molar-refractivity contribution in [3.8, 4) is 5.75 Å². The van der Waals surface area contributed by atoms with Crippen molar-refractivity contribution < 1.29 is 9.53 Å². The quantitative estimate of drug-likeness (QED) is 0.772. The molecule has 0 aliphatic heterocycles. The minimum Gasteiger partial charge on any atom is -0.494 e. The predicted molar refractivity (Wildman–Crippen MR) is 74.5 cm³/mol. The molecule has 0 fully saturated rings. The number of alkyl halides is 1. The Labute approximate surface area is 113 Å². The van der Waals surface area contributed by atoms with Gasteiger partial charge in [0.25, 0.3) is 5.91 Å². The second-order valence-corrected chi connectivity index (χ2v) is 4.54. The molecule has 1 rings (SSSR count).